The van der Waals surface area contributed by atoms with E-state index in [1.807, 2.05) is 0 Å². The van der Waals surface area contributed by atoms with Crippen molar-refractivity contribution in [2.24, 2.45) is 0 Å². The number of aromatic nitrogens is 2. The third-order valence-corrected chi connectivity index (χ3v) is 7.05. The minimum atomic E-state index is -4.93. The molecule has 8 nitrogen and oxygen atoms in total. The first-order valence-corrected chi connectivity index (χ1v) is 13.2. The van der Waals surface area contributed by atoms with Crippen molar-refractivity contribution in [2.45, 2.75) is 51.4 Å². The van der Waals surface area contributed by atoms with Gasteiger partial charge in [-0.05, 0) is 61.7 Å². The number of ether oxygens (including phenoxy) is 1. The van der Waals surface area contributed by atoms with Crippen molar-refractivity contribution in [3.8, 4) is 0 Å². The number of imidazole rings is 1. The summed E-state index contributed by atoms with van der Waals surface area (Å²) in [6.45, 7) is 3.27. The quantitative estimate of drug-likeness (QED) is 0.316. The minimum Gasteiger partial charge on any atom is -0.381 e. The number of hydrogen-bond acceptors (Lipinski definition) is 5. The van der Waals surface area contributed by atoms with Crippen molar-refractivity contribution in [3.05, 3.63) is 81.3 Å². The van der Waals surface area contributed by atoms with Gasteiger partial charge in [-0.2, -0.15) is 13.2 Å². The number of hydrogen-bond donors (Lipinski definition) is 2. The maximum Gasteiger partial charge on any atom is 0.416 e. The summed E-state index contributed by atoms with van der Waals surface area (Å²) in [5, 5.41) is 5.30. The number of carbonyl (C=O) groups is 3. The molecule has 3 aromatic rings. The lowest BCUT2D eigenvalue weighted by atomic mass is 9.96. The van der Waals surface area contributed by atoms with Crippen LogP contribution in [-0.4, -0.2) is 46.4 Å². The number of carbonyl (C=O) groups excluding carboxylic acids is 3. The van der Waals surface area contributed by atoms with Gasteiger partial charge in [-0.15, -0.1) is 0 Å². The monoisotopic (exact) mass is 612 g/mol. The highest BCUT2D eigenvalue weighted by molar-refractivity contribution is 6.31. The highest BCUT2D eigenvalue weighted by Gasteiger charge is 2.33. The van der Waals surface area contributed by atoms with Gasteiger partial charge in [-0.3, -0.25) is 14.4 Å². The van der Waals surface area contributed by atoms with E-state index in [-0.39, 0.29) is 46.6 Å². The van der Waals surface area contributed by atoms with Crippen LogP contribution in [0.25, 0.3) is 0 Å². The van der Waals surface area contributed by atoms with Crippen LogP contribution in [0, 0.1) is 11.6 Å². The predicted octanol–water partition coefficient (Wildman–Crippen LogP) is 5.74. The highest BCUT2D eigenvalue weighted by Crippen LogP contribution is 2.36. The smallest absolute Gasteiger partial charge is 0.381 e. The topological polar surface area (TPSA) is 102 Å². The largest absolute Gasteiger partial charge is 0.416 e. The first-order chi connectivity index (χ1) is 19.7. The lowest BCUT2D eigenvalue weighted by Gasteiger charge is -2.23. The van der Waals surface area contributed by atoms with Gasteiger partial charge >= 0.3 is 6.18 Å². The number of halogens is 6. The van der Waals surface area contributed by atoms with Gasteiger partial charge in [0.1, 0.15) is 17.4 Å². The van der Waals surface area contributed by atoms with E-state index in [4.69, 9.17) is 16.3 Å². The molecule has 0 bridgehead atoms. The third-order valence-electron chi connectivity index (χ3n) is 6.70. The molecule has 1 fully saturated rings. The Morgan fingerprint density at radius 3 is 2.40 bits per heavy atom. The second kappa shape index (κ2) is 12.6. The number of alkyl halides is 3. The zero-order chi connectivity index (χ0) is 30.8. The van der Waals surface area contributed by atoms with E-state index in [9.17, 15) is 36.3 Å². The predicted molar refractivity (Wildman–Crippen MR) is 142 cm³/mol. The van der Waals surface area contributed by atoms with Gasteiger partial charge in [0, 0.05) is 35.8 Å². The number of ketones is 1. The second-order valence-electron chi connectivity index (χ2n) is 9.89. The number of anilines is 1. The molecule has 4 rings (SSSR count). The average molecular weight is 613 g/mol. The van der Waals surface area contributed by atoms with Crippen molar-refractivity contribution in [1.29, 1.82) is 0 Å². The maximum absolute atomic E-state index is 14.2. The van der Waals surface area contributed by atoms with E-state index in [1.54, 1.807) is 6.92 Å². The Hall–Kier alpha value is -3.84. The number of amides is 2. The molecular formula is C28H26ClF5N4O4. The Labute approximate surface area is 242 Å². The number of nitrogens with one attached hydrogen (secondary N) is 2. The summed E-state index contributed by atoms with van der Waals surface area (Å²) >= 11 is 6.34. The van der Waals surface area contributed by atoms with Crippen LogP contribution in [0.4, 0.5) is 27.8 Å². The Morgan fingerprint density at radius 1 is 1.07 bits per heavy atom. The average Bonchev–Trinajstić information content (AvgIpc) is 3.26. The van der Waals surface area contributed by atoms with E-state index in [0.717, 1.165) is 12.1 Å². The normalized spacial score (nSPS) is 14.9. The molecule has 1 aliphatic heterocycles. The van der Waals surface area contributed by atoms with Crippen molar-refractivity contribution >= 4 is 35.0 Å². The molecule has 1 atom stereocenters. The summed E-state index contributed by atoms with van der Waals surface area (Å²) in [4.78, 5) is 43.1. The SMILES string of the molecule is CC(=O)Cn1c(C(=O)NC2CCOCC2)nc(NC(=O)c2cc(F)cc(C(F)(F)F)c2)c1[C@@H](C)c1cc(F)ccc1Cl. The Bertz CT molecular complexity index is 1520. The molecule has 42 heavy (non-hydrogen) atoms. The lowest BCUT2D eigenvalue weighted by Crippen LogP contribution is -2.40. The highest BCUT2D eigenvalue weighted by atomic mass is 35.5. The fraction of sp³-hybridized carbons (Fsp3) is 0.357. The van der Waals surface area contributed by atoms with Crippen LogP contribution < -0.4 is 10.6 Å². The molecule has 224 valence electrons. The summed E-state index contributed by atoms with van der Waals surface area (Å²) in [6, 6.07) is 4.63. The molecule has 0 unspecified atom stereocenters. The van der Waals surface area contributed by atoms with E-state index >= 15 is 0 Å². The summed E-state index contributed by atoms with van der Waals surface area (Å²) in [5.41, 5.74) is -1.78. The molecule has 2 N–H and O–H groups in total. The third kappa shape index (κ3) is 7.13. The Balaban J connectivity index is 1.83. The van der Waals surface area contributed by atoms with Crippen molar-refractivity contribution < 1.29 is 41.1 Å². The number of nitrogens with zero attached hydrogens (tertiary/aromatic N) is 2. The van der Waals surface area contributed by atoms with Crippen LogP contribution in [0.3, 0.4) is 0 Å². The molecule has 14 heteroatoms. The van der Waals surface area contributed by atoms with Gasteiger partial charge in [0.05, 0.1) is 17.8 Å². The Morgan fingerprint density at radius 2 is 1.76 bits per heavy atom. The number of rotatable bonds is 8. The van der Waals surface area contributed by atoms with E-state index in [2.05, 4.69) is 15.6 Å². The van der Waals surface area contributed by atoms with Gasteiger partial charge in [-0.1, -0.05) is 18.5 Å². The Kier molecular flexibility index (Phi) is 9.31. The van der Waals surface area contributed by atoms with E-state index in [1.165, 1.54) is 17.6 Å². The van der Waals surface area contributed by atoms with Crippen molar-refractivity contribution in [3.63, 3.8) is 0 Å². The van der Waals surface area contributed by atoms with Crippen molar-refractivity contribution in [2.75, 3.05) is 18.5 Å². The standard InChI is InChI=1S/C28H26ClF5N4O4/c1-14(39)13-38-23(15(2)21-12-18(30)3-4-22(21)29)24(36-25(38)27(41)35-20-5-7-42-8-6-20)37-26(40)16-9-17(28(32,33)34)11-19(31)10-16/h3-4,9-12,15,20H,5-8,13H2,1-2H3,(H,35,41)(H,37,40)/t15-/m0/s1. The molecule has 0 radical (unpaired) electrons. The maximum atomic E-state index is 14.2. The molecule has 0 spiro atoms. The zero-order valence-electron chi connectivity index (χ0n) is 22.4. The van der Waals surface area contributed by atoms with Crippen LogP contribution >= 0.6 is 11.6 Å². The van der Waals surface area contributed by atoms with Gasteiger partial charge in [0.25, 0.3) is 11.8 Å². The van der Waals surface area contributed by atoms with Crippen LogP contribution in [0.1, 0.15) is 70.4 Å². The van der Waals surface area contributed by atoms with Gasteiger partial charge in [0.2, 0.25) is 5.82 Å². The van der Waals surface area contributed by atoms with Crippen LogP contribution in [0.5, 0.6) is 0 Å². The van der Waals surface area contributed by atoms with Gasteiger partial charge in [-0.25, -0.2) is 13.8 Å². The molecule has 2 amide bonds. The molecular weight excluding hydrogens is 587 g/mol. The van der Waals surface area contributed by atoms with E-state index < -0.39 is 52.5 Å². The summed E-state index contributed by atoms with van der Waals surface area (Å²) in [7, 11) is 0. The number of benzene rings is 2. The molecule has 2 aromatic carbocycles. The van der Waals surface area contributed by atoms with Crippen LogP contribution in [0.2, 0.25) is 5.02 Å². The summed E-state index contributed by atoms with van der Waals surface area (Å²) in [5.74, 6) is -5.66. The number of Topliss-reactive ketones (excluding diaryl/α,β-unsaturated/α-hetero) is 1. The minimum absolute atomic E-state index is 0.0515. The molecule has 1 saturated heterocycles. The summed E-state index contributed by atoms with van der Waals surface area (Å²) < 4.78 is 74.7. The van der Waals surface area contributed by atoms with Gasteiger partial charge < -0.3 is 19.9 Å². The molecule has 0 saturated carbocycles. The molecule has 0 aliphatic carbocycles. The molecule has 1 aliphatic rings. The first-order valence-electron chi connectivity index (χ1n) is 12.9. The fourth-order valence-corrected chi connectivity index (χ4v) is 4.98. The molecule has 1 aromatic heterocycles. The van der Waals surface area contributed by atoms with E-state index in [0.29, 0.717) is 38.2 Å². The lowest BCUT2D eigenvalue weighted by molar-refractivity contribution is -0.137. The van der Waals surface area contributed by atoms with Crippen molar-refractivity contribution in [1.82, 2.24) is 14.9 Å². The fourth-order valence-electron chi connectivity index (χ4n) is 4.70. The van der Waals surface area contributed by atoms with Gasteiger partial charge in [0.15, 0.2) is 5.82 Å². The van der Waals surface area contributed by atoms with Crippen LogP contribution in [-0.2, 0) is 22.3 Å². The summed E-state index contributed by atoms with van der Waals surface area (Å²) in [6.07, 6.45) is -3.89. The molecule has 2 heterocycles. The zero-order valence-corrected chi connectivity index (χ0v) is 23.2. The first kappa shape index (κ1) is 31.1. The second-order valence-corrected chi connectivity index (χ2v) is 10.3. The van der Waals surface area contributed by atoms with Crippen LogP contribution in [0.15, 0.2) is 36.4 Å².